The third kappa shape index (κ3) is 5.16. The number of anilines is 1. The summed E-state index contributed by atoms with van der Waals surface area (Å²) in [6, 6.07) is 5.51. The molecule has 11 heteroatoms. The lowest BCUT2D eigenvalue weighted by atomic mass is 10.1. The molecule has 1 amide bonds. The standard InChI is InChI=1S/C20H18F5N5O/c1-3-10(2)26-19(28-18(31)11-4-7-14(21)15(22)8-11)27-17-13-6-5-12(20(23,24)25)9-16(13)29-30-17/h4-10H,3H2,1-2H3,(H3,26,27,28,29,30,31). The van der Waals surface area contributed by atoms with E-state index in [0.29, 0.717) is 11.8 Å². The fourth-order valence-electron chi connectivity index (χ4n) is 2.63. The number of H-pyrrole nitrogens is 1. The molecule has 164 valence electrons. The molecule has 0 aliphatic carbocycles. The van der Waals surface area contributed by atoms with Crippen LogP contribution in [0.15, 0.2) is 41.4 Å². The van der Waals surface area contributed by atoms with Gasteiger partial charge in [0.2, 0.25) is 5.96 Å². The fourth-order valence-corrected chi connectivity index (χ4v) is 2.63. The molecule has 31 heavy (non-hydrogen) atoms. The summed E-state index contributed by atoms with van der Waals surface area (Å²) in [6.07, 6.45) is -3.88. The molecule has 2 aromatic carbocycles. The number of carbonyl (C=O) groups excluding carboxylic acids is 1. The van der Waals surface area contributed by atoms with Gasteiger partial charge in [0, 0.05) is 10.9 Å². The molecular weight excluding hydrogens is 421 g/mol. The quantitative estimate of drug-likeness (QED) is 0.309. The van der Waals surface area contributed by atoms with Crippen LogP contribution in [-0.2, 0) is 6.18 Å². The van der Waals surface area contributed by atoms with E-state index in [0.717, 1.165) is 30.3 Å². The highest BCUT2D eigenvalue weighted by Gasteiger charge is 2.31. The van der Waals surface area contributed by atoms with Crippen LogP contribution in [0.2, 0.25) is 0 Å². The Labute approximate surface area is 173 Å². The number of benzene rings is 2. The minimum absolute atomic E-state index is 0.0441. The highest BCUT2D eigenvalue weighted by Crippen LogP contribution is 2.32. The van der Waals surface area contributed by atoms with Crippen molar-refractivity contribution in [3.8, 4) is 0 Å². The number of aliphatic imine (C=N–C) groups is 1. The first-order valence-corrected chi connectivity index (χ1v) is 9.25. The Morgan fingerprint density at radius 3 is 2.55 bits per heavy atom. The molecule has 6 nitrogen and oxygen atoms in total. The number of hydrogen-bond donors (Lipinski definition) is 3. The molecule has 0 saturated carbocycles. The summed E-state index contributed by atoms with van der Waals surface area (Å²) in [7, 11) is 0. The second kappa shape index (κ2) is 8.70. The van der Waals surface area contributed by atoms with Crippen LogP contribution in [0.4, 0.5) is 27.8 Å². The average molecular weight is 439 g/mol. The molecule has 0 fully saturated rings. The van der Waals surface area contributed by atoms with E-state index in [4.69, 9.17) is 0 Å². The van der Waals surface area contributed by atoms with E-state index in [9.17, 15) is 26.7 Å². The van der Waals surface area contributed by atoms with E-state index in [1.165, 1.54) is 6.07 Å². The predicted octanol–water partition coefficient (Wildman–Crippen LogP) is 4.86. The van der Waals surface area contributed by atoms with Crippen LogP contribution < -0.4 is 10.6 Å². The van der Waals surface area contributed by atoms with Crippen molar-refractivity contribution in [1.82, 2.24) is 15.5 Å². The number of guanidine groups is 1. The Hall–Kier alpha value is -3.50. The summed E-state index contributed by atoms with van der Waals surface area (Å²) < 4.78 is 65.3. The van der Waals surface area contributed by atoms with E-state index >= 15 is 0 Å². The van der Waals surface area contributed by atoms with Crippen molar-refractivity contribution >= 4 is 28.6 Å². The SMILES string of the molecule is CCC(C)N=C(NC(=O)c1ccc(F)c(F)c1)Nc1n[nH]c2cc(C(F)(F)F)ccc12. The van der Waals surface area contributed by atoms with Gasteiger partial charge in [-0.3, -0.25) is 15.2 Å². The summed E-state index contributed by atoms with van der Waals surface area (Å²) in [4.78, 5) is 16.8. The summed E-state index contributed by atoms with van der Waals surface area (Å²) >= 11 is 0. The lowest BCUT2D eigenvalue weighted by Crippen LogP contribution is -2.37. The Kier molecular flexibility index (Phi) is 6.23. The maximum Gasteiger partial charge on any atom is 0.416 e. The van der Waals surface area contributed by atoms with Gasteiger partial charge in [-0.1, -0.05) is 6.92 Å². The van der Waals surface area contributed by atoms with Gasteiger partial charge in [-0.15, -0.1) is 0 Å². The van der Waals surface area contributed by atoms with E-state index in [1.807, 2.05) is 6.92 Å². The summed E-state index contributed by atoms with van der Waals surface area (Å²) in [6.45, 7) is 3.65. The first kappa shape index (κ1) is 22.2. The van der Waals surface area contributed by atoms with Gasteiger partial charge in [-0.25, -0.2) is 13.8 Å². The molecule has 0 radical (unpaired) electrons. The number of nitrogens with zero attached hydrogens (tertiary/aromatic N) is 2. The molecule has 0 saturated heterocycles. The van der Waals surface area contributed by atoms with Crippen LogP contribution in [0.3, 0.4) is 0 Å². The van der Waals surface area contributed by atoms with E-state index in [2.05, 4.69) is 25.8 Å². The third-order valence-electron chi connectivity index (χ3n) is 4.48. The minimum atomic E-state index is -4.51. The highest BCUT2D eigenvalue weighted by atomic mass is 19.4. The van der Waals surface area contributed by atoms with Crippen LogP contribution >= 0.6 is 0 Å². The van der Waals surface area contributed by atoms with Gasteiger partial charge in [0.05, 0.1) is 17.1 Å². The summed E-state index contributed by atoms with van der Waals surface area (Å²) in [5.41, 5.74) is -0.846. The maximum absolute atomic E-state index is 13.4. The molecule has 3 aromatic rings. The van der Waals surface area contributed by atoms with Gasteiger partial charge < -0.3 is 5.32 Å². The Bertz CT molecular complexity index is 1140. The molecule has 1 heterocycles. The zero-order chi connectivity index (χ0) is 22.8. The smallest absolute Gasteiger partial charge is 0.309 e. The number of fused-ring (bicyclic) bond motifs is 1. The van der Waals surface area contributed by atoms with Gasteiger partial charge in [0.15, 0.2) is 17.5 Å². The summed E-state index contributed by atoms with van der Waals surface area (Å²) in [5.74, 6) is -2.94. The average Bonchev–Trinajstić information content (AvgIpc) is 3.11. The second-order valence-corrected chi connectivity index (χ2v) is 6.77. The molecule has 1 unspecified atom stereocenters. The number of alkyl halides is 3. The lowest BCUT2D eigenvalue weighted by molar-refractivity contribution is -0.137. The van der Waals surface area contributed by atoms with Crippen LogP contribution in [0, 0.1) is 11.6 Å². The number of aromatic nitrogens is 2. The van der Waals surface area contributed by atoms with Crippen molar-refractivity contribution < 1.29 is 26.7 Å². The van der Waals surface area contributed by atoms with Gasteiger partial charge in [-0.2, -0.15) is 18.3 Å². The van der Waals surface area contributed by atoms with E-state index in [1.54, 1.807) is 6.92 Å². The van der Waals surface area contributed by atoms with Gasteiger partial charge in [0.25, 0.3) is 5.91 Å². The molecule has 1 aromatic heterocycles. The Morgan fingerprint density at radius 1 is 1.16 bits per heavy atom. The lowest BCUT2D eigenvalue weighted by Gasteiger charge is -2.13. The zero-order valence-electron chi connectivity index (χ0n) is 16.4. The van der Waals surface area contributed by atoms with Crippen molar-refractivity contribution in [2.75, 3.05) is 5.32 Å². The highest BCUT2D eigenvalue weighted by molar-refractivity contribution is 6.11. The monoisotopic (exact) mass is 439 g/mol. The number of halogens is 5. The van der Waals surface area contributed by atoms with Crippen molar-refractivity contribution in [2.45, 2.75) is 32.5 Å². The van der Waals surface area contributed by atoms with Gasteiger partial charge >= 0.3 is 6.18 Å². The number of nitrogens with one attached hydrogen (secondary N) is 3. The number of aromatic amines is 1. The Balaban J connectivity index is 1.88. The topological polar surface area (TPSA) is 82.2 Å². The largest absolute Gasteiger partial charge is 0.416 e. The number of carbonyl (C=O) groups is 1. The molecular formula is C20H18F5N5O. The molecule has 3 rings (SSSR count). The van der Waals surface area contributed by atoms with E-state index < -0.39 is 29.3 Å². The van der Waals surface area contributed by atoms with Crippen molar-refractivity contribution in [1.29, 1.82) is 0 Å². The predicted molar refractivity (Wildman–Crippen MR) is 106 cm³/mol. The molecule has 0 bridgehead atoms. The molecule has 3 N–H and O–H groups in total. The normalized spacial score (nSPS) is 13.3. The number of hydrogen-bond acceptors (Lipinski definition) is 3. The van der Waals surface area contributed by atoms with Crippen LogP contribution in [-0.4, -0.2) is 28.1 Å². The number of rotatable bonds is 4. The Morgan fingerprint density at radius 2 is 1.90 bits per heavy atom. The first-order valence-electron chi connectivity index (χ1n) is 9.25. The number of amides is 1. The summed E-state index contributed by atoms with van der Waals surface area (Å²) in [5, 5.41) is 12.0. The van der Waals surface area contributed by atoms with E-state index in [-0.39, 0.29) is 28.9 Å². The van der Waals surface area contributed by atoms with Crippen LogP contribution in [0.5, 0.6) is 0 Å². The van der Waals surface area contributed by atoms with Crippen LogP contribution in [0.1, 0.15) is 36.2 Å². The second-order valence-electron chi connectivity index (χ2n) is 6.77. The maximum atomic E-state index is 13.4. The van der Waals surface area contributed by atoms with Crippen molar-refractivity contribution in [2.24, 2.45) is 4.99 Å². The van der Waals surface area contributed by atoms with Gasteiger partial charge in [-0.05, 0) is 49.7 Å². The van der Waals surface area contributed by atoms with Crippen molar-refractivity contribution in [3.63, 3.8) is 0 Å². The third-order valence-corrected chi connectivity index (χ3v) is 4.48. The molecule has 0 spiro atoms. The van der Waals surface area contributed by atoms with Crippen LogP contribution in [0.25, 0.3) is 10.9 Å². The molecule has 0 aliphatic rings. The molecule has 1 atom stereocenters. The first-order chi connectivity index (χ1) is 14.6. The van der Waals surface area contributed by atoms with Crippen molar-refractivity contribution in [3.05, 3.63) is 59.2 Å². The minimum Gasteiger partial charge on any atom is -0.309 e. The fraction of sp³-hybridized carbons (Fsp3) is 0.250. The van der Waals surface area contributed by atoms with Gasteiger partial charge in [0.1, 0.15) is 0 Å². The zero-order valence-corrected chi connectivity index (χ0v) is 16.4. The molecule has 0 aliphatic heterocycles.